The van der Waals surface area contributed by atoms with Gasteiger partial charge in [0.2, 0.25) is 5.95 Å². The Hall–Kier alpha value is -2.03. The molecule has 3 fully saturated rings. The van der Waals surface area contributed by atoms with Crippen molar-refractivity contribution in [1.82, 2.24) is 14.8 Å². The molecule has 6 nitrogen and oxygen atoms in total. The van der Waals surface area contributed by atoms with E-state index in [1.165, 1.54) is 29.6 Å². The van der Waals surface area contributed by atoms with Gasteiger partial charge in [-0.15, -0.1) is 0 Å². The molecule has 1 radical (unpaired) electrons. The van der Waals surface area contributed by atoms with Gasteiger partial charge in [-0.2, -0.15) is 9.49 Å². The van der Waals surface area contributed by atoms with Crippen molar-refractivity contribution in [2.45, 2.75) is 58.5 Å². The molecular formula is C28H33FN3O3S. The number of carbonyl (C=O) groups is 1. The number of carbonyl (C=O) groups excluding carboxylic acids is 1. The third kappa shape index (κ3) is 3.55. The Morgan fingerprint density at radius 1 is 1.22 bits per heavy atom. The lowest BCUT2D eigenvalue weighted by molar-refractivity contribution is -0.121. The maximum atomic E-state index is 13.4. The predicted octanol–water partition coefficient (Wildman–Crippen LogP) is 4.39. The van der Waals surface area contributed by atoms with Crippen molar-refractivity contribution in [1.29, 1.82) is 0 Å². The Balaban J connectivity index is 1.31. The van der Waals surface area contributed by atoms with E-state index in [4.69, 9.17) is 0 Å². The second kappa shape index (κ2) is 8.77. The summed E-state index contributed by atoms with van der Waals surface area (Å²) in [7, 11) is 0. The number of thioether (sulfide) groups is 1. The normalized spacial score (nSPS) is 35.4. The molecule has 36 heavy (non-hydrogen) atoms. The highest BCUT2D eigenvalue weighted by molar-refractivity contribution is 8.14. The Morgan fingerprint density at radius 3 is 2.81 bits per heavy atom. The molecule has 4 aliphatic rings. The number of halogens is 1. The van der Waals surface area contributed by atoms with Crippen LogP contribution in [0.3, 0.4) is 0 Å². The van der Waals surface area contributed by atoms with Crippen molar-refractivity contribution in [2.24, 2.45) is 28.6 Å². The van der Waals surface area contributed by atoms with Crippen molar-refractivity contribution in [2.75, 3.05) is 12.4 Å². The van der Waals surface area contributed by atoms with Gasteiger partial charge in [0.25, 0.3) is 0 Å². The molecule has 4 aliphatic carbocycles. The summed E-state index contributed by atoms with van der Waals surface area (Å²) in [5, 5.41) is 25.6. The van der Waals surface area contributed by atoms with E-state index in [1.807, 2.05) is 10.9 Å². The fourth-order valence-electron chi connectivity index (χ4n) is 8.26. The Kier molecular flexibility index (Phi) is 5.93. The number of rotatable bonds is 4. The average molecular weight is 511 g/mol. The lowest BCUT2D eigenvalue weighted by atomic mass is 9.46. The first-order valence-corrected chi connectivity index (χ1v) is 14.0. The van der Waals surface area contributed by atoms with Crippen molar-refractivity contribution in [3.8, 4) is 5.69 Å². The fourth-order valence-corrected chi connectivity index (χ4v) is 9.04. The maximum absolute atomic E-state index is 13.4. The SMILES string of the molecule is C[C@@]12C[C@H](O)[C@H]3[C@@H](CCC4=Cc5c(cnn5-c5ccc(F)nc5)C[C@@]43C)[C@@H]1CC[C]2C(=O)SCCO. The summed E-state index contributed by atoms with van der Waals surface area (Å²) in [5.41, 5.74) is 3.82. The van der Waals surface area contributed by atoms with Crippen molar-refractivity contribution >= 4 is 23.0 Å². The van der Waals surface area contributed by atoms with Gasteiger partial charge in [0.05, 0.1) is 42.4 Å². The minimum absolute atomic E-state index is 0.000856. The van der Waals surface area contributed by atoms with E-state index in [0.717, 1.165) is 55.0 Å². The Labute approximate surface area is 215 Å². The number of allylic oxidation sites excluding steroid dienone is 1. The first kappa shape index (κ1) is 24.3. The lowest BCUT2D eigenvalue weighted by Crippen LogP contribution is -2.57. The molecule has 2 N–H and O–H groups in total. The summed E-state index contributed by atoms with van der Waals surface area (Å²) in [6, 6.07) is 3.04. The summed E-state index contributed by atoms with van der Waals surface area (Å²) in [5.74, 6) is 1.78. The van der Waals surface area contributed by atoms with Crippen LogP contribution in [0.2, 0.25) is 0 Å². The zero-order chi connectivity index (χ0) is 25.2. The molecule has 6 atom stereocenters. The van der Waals surface area contributed by atoms with Crippen LogP contribution in [-0.4, -0.2) is 48.6 Å². The molecule has 0 aromatic carbocycles. The van der Waals surface area contributed by atoms with Crippen LogP contribution in [0.5, 0.6) is 0 Å². The van der Waals surface area contributed by atoms with E-state index in [-0.39, 0.29) is 28.5 Å². The van der Waals surface area contributed by atoms with Crippen LogP contribution in [0.15, 0.2) is 30.1 Å². The smallest absolute Gasteiger partial charge is 0.212 e. The Bertz CT molecular complexity index is 1210. The summed E-state index contributed by atoms with van der Waals surface area (Å²) >= 11 is 1.22. The zero-order valence-electron chi connectivity index (χ0n) is 20.8. The molecule has 6 rings (SSSR count). The highest BCUT2D eigenvalue weighted by atomic mass is 32.2. The summed E-state index contributed by atoms with van der Waals surface area (Å²) in [6.45, 7) is 4.51. The minimum Gasteiger partial charge on any atom is -0.396 e. The summed E-state index contributed by atoms with van der Waals surface area (Å²) in [4.78, 5) is 16.8. The molecule has 0 saturated heterocycles. The largest absolute Gasteiger partial charge is 0.396 e. The van der Waals surface area contributed by atoms with Crippen LogP contribution in [0.1, 0.15) is 57.2 Å². The topological polar surface area (TPSA) is 88.2 Å². The third-order valence-electron chi connectivity index (χ3n) is 9.74. The lowest BCUT2D eigenvalue weighted by Gasteiger charge is -2.59. The molecule has 8 heteroatoms. The van der Waals surface area contributed by atoms with E-state index >= 15 is 0 Å². The highest BCUT2D eigenvalue weighted by Crippen LogP contribution is 2.67. The highest BCUT2D eigenvalue weighted by Gasteiger charge is 2.63. The first-order valence-electron chi connectivity index (χ1n) is 13.0. The van der Waals surface area contributed by atoms with Crippen molar-refractivity contribution < 1.29 is 19.4 Å². The molecule has 0 aliphatic heterocycles. The molecule has 0 bridgehead atoms. The van der Waals surface area contributed by atoms with Crippen LogP contribution < -0.4 is 0 Å². The van der Waals surface area contributed by atoms with Gasteiger partial charge in [-0.1, -0.05) is 31.2 Å². The number of aromatic nitrogens is 3. The predicted molar refractivity (Wildman–Crippen MR) is 137 cm³/mol. The molecule has 2 aromatic heterocycles. The number of aliphatic hydroxyl groups is 2. The number of nitrogens with zero attached hydrogens (tertiary/aromatic N) is 3. The zero-order valence-corrected chi connectivity index (χ0v) is 21.6. The molecule has 0 unspecified atom stereocenters. The van der Waals surface area contributed by atoms with Gasteiger partial charge in [-0.25, -0.2) is 9.67 Å². The van der Waals surface area contributed by atoms with E-state index in [9.17, 15) is 19.4 Å². The summed E-state index contributed by atoms with van der Waals surface area (Å²) in [6.07, 6.45) is 10.4. The average Bonchev–Trinajstić information content (AvgIpc) is 3.40. The van der Waals surface area contributed by atoms with Crippen LogP contribution in [0, 0.1) is 40.4 Å². The van der Waals surface area contributed by atoms with E-state index in [2.05, 4.69) is 30.0 Å². The van der Waals surface area contributed by atoms with E-state index in [0.29, 0.717) is 24.0 Å². The molecule has 2 heterocycles. The Morgan fingerprint density at radius 2 is 2.06 bits per heavy atom. The van der Waals surface area contributed by atoms with Gasteiger partial charge < -0.3 is 10.2 Å². The molecule has 0 amide bonds. The third-order valence-corrected chi connectivity index (χ3v) is 10.6. The van der Waals surface area contributed by atoms with Gasteiger partial charge in [0, 0.05) is 5.75 Å². The van der Waals surface area contributed by atoms with Crippen LogP contribution in [-0.2, 0) is 11.2 Å². The van der Waals surface area contributed by atoms with Crippen molar-refractivity contribution in [3.63, 3.8) is 0 Å². The first-order chi connectivity index (χ1) is 17.3. The number of hydrogen-bond acceptors (Lipinski definition) is 6. The molecular weight excluding hydrogens is 477 g/mol. The van der Waals surface area contributed by atoms with Gasteiger partial charge in [-0.05, 0) is 90.9 Å². The second-order valence-corrected chi connectivity index (χ2v) is 12.5. The van der Waals surface area contributed by atoms with E-state index in [1.54, 1.807) is 6.07 Å². The monoisotopic (exact) mass is 510 g/mol. The van der Waals surface area contributed by atoms with Crippen LogP contribution in [0.4, 0.5) is 4.39 Å². The van der Waals surface area contributed by atoms with Crippen LogP contribution >= 0.6 is 11.8 Å². The number of hydrogen-bond donors (Lipinski definition) is 2. The molecule has 191 valence electrons. The maximum Gasteiger partial charge on any atom is 0.212 e. The quantitative estimate of drug-likeness (QED) is 0.594. The minimum atomic E-state index is -0.511. The number of fused-ring (bicyclic) bond motifs is 6. The number of aliphatic hydroxyl groups excluding tert-OH is 2. The van der Waals surface area contributed by atoms with Gasteiger partial charge in [0.1, 0.15) is 0 Å². The van der Waals surface area contributed by atoms with Crippen molar-refractivity contribution in [3.05, 3.63) is 53.2 Å². The fraction of sp³-hybridized carbons (Fsp3) is 0.571. The molecule has 3 saturated carbocycles. The molecule has 2 aromatic rings. The second-order valence-electron chi connectivity index (χ2n) is 11.5. The van der Waals surface area contributed by atoms with E-state index < -0.39 is 12.1 Å². The van der Waals surface area contributed by atoms with Gasteiger partial charge in [-0.3, -0.25) is 4.79 Å². The molecule has 0 spiro atoms. The van der Waals surface area contributed by atoms with Gasteiger partial charge >= 0.3 is 0 Å². The summed E-state index contributed by atoms with van der Waals surface area (Å²) < 4.78 is 15.2. The van der Waals surface area contributed by atoms with Crippen LogP contribution in [0.25, 0.3) is 11.8 Å². The number of pyridine rings is 1. The standard InChI is InChI=1S/C28H33FN3O3S/c1-27-12-16-14-31-32(18-4-8-24(29)30-15-18)22(16)11-17(27)3-5-19-20-6-7-21(26(35)36-10-9-33)28(20,2)13-23(34)25(19)27/h4,8,11,14-15,19-20,23,25,33-34H,3,5-7,9-10,12-13H2,1-2H3/t19-,20-,23-,25+,27-,28+/m0/s1. The van der Waals surface area contributed by atoms with Gasteiger partial charge in [0.15, 0.2) is 5.12 Å².